The fourth-order valence-electron chi connectivity index (χ4n) is 3.50. The third kappa shape index (κ3) is 4.44. The summed E-state index contributed by atoms with van der Waals surface area (Å²) in [6, 6.07) is 12.8. The third-order valence-electron chi connectivity index (χ3n) is 5.21. The highest BCUT2D eigenvalue weighted by molar-refractivity contribution is 5.91. The number of anilines is 1. The zero-order valence-corrected chi connectivity index (χ0v) is 17.9. The van der Waals surface area contributed by atoms with Gasteiger partial charge in [0.1, 0.15) is 0 Å². The van der Waals surface area contributed by atoms with Gasteiger partial charge < -0.3 is 10.6 Å². The second-order valence-electron chi connectivity index (χ2n) is 7.36. The molecule has 0 fully saturated rings. The number of nitrogens with zero attached hydrogens (tertiary/aromatic N) is 3. The Balaban J connectivity index is 1.47. The lowest BCUT2D eigenvalue weighted by Gasteiger charge is -2.14. The Kier molecular flexibility index (Phi) is 6.12. The van der Waals surface area contributed by atoms with Crippen molar-refractivity contribution in [3.05, 3.63) is 94.3 Å². The van der Waals surface area contributed by atoms with E-state index in [9.17, 15) is 9.59 Å². The summed E-state index contributed by atoms with van der Waals surface area (Å²) in [5.74, 6) is 0.442. The van der Waals surface area contributed by atoms with E-state index in [1.165, 1.54) is 4.68 Å². The van der Waals surface area contributed by atoms with Gasteiger partial charge in [-0.25, -0.2) is 14.5 Å². The van der Waals surface area contributed by atoms with Crippen molar-refractivity contribution in [3.8, 4) is 16.9 Å². The van der Waals surface area contributed by atoms with Crippen LogP contribution in [0.1, 0.15) is 23.6 Å². The lowest BCUT2D eigenvalue weighted by atomic mass is 10.1. The quantitative estimate of drug-likeness (QED) is 0.434. The SMILES string of the molecule is CCc1cccc(C)c1NC(=O)NCc1ccnc(-n2[nH]cc(-c3cccnc3)c2=O)c1. The van der Waals surface area contributed by atoms with E-state index in [4.69, 9.17) is 0 Å². The second-order valence-corrected chi connectivity index (χ2v) is 7.36. The summed E-state index contributed by atoms with van der Waals surface area (Å²) in [5.41, 5.74) is 4.76. The number of para-hydroxylation sites is 1. The Morgan fingerprint density at radius 2 is 2.03 bits per heavy atom. The highest BCUT2D eigenvalue weighted by atomic mass is 16.2. The number of hydrogen-bond donors (Lipinski definition) is 3. The molecular formula is C24H24N6O2. The number of amides is 2. The van der Waals surface area contributed by atoms with E-state index >= 15 is 0 Å². The minimum atomic E-state index is -0.289. The molecule has 162 valence electrons. The summed E-state index contributed by atoms with van der Waals surface area (Å²) in [6.07, 6.45) is 7.37. The molecule has 8 nitrogen and oxygen atoms in total. The number of H-pyrrole nitrogens is 1. The van der Waals surface area contributed by atoms with Crippen LogP contribution in [-0.2, 0) is 13.0 Å². The lowest BCUT2D eigenvalue weighted by molar-refractivity contribution is 0.251. The summed E-state index contributed by atoms with van der Waals surface area (Å²) < 4.78 is 1.37. The maximum Gasteiger partial charge on any atom is 0.319 e. The van der Waals surface area contributed by atoms with Gasteiger partial charge in [-0.3, -0.25) is 14.9 Å². The largest absolute Gasteiger partial charge is 0.334 e. The monoisotopic (exact) mass is 428 g/mol. The van der Waals surface area contributed by atoms with Crippen LogP contribution in [0.25, 0.3) is 16.9 Å². The van der Waals surface area contributed by atoms with E-state index in [1.54, 1.807) is 43.0 Å². The average molecular weight is 428 g/mol. The van der Waals surface area contributed by atoms with Crippen molar-refractivity contribution in [3.63, 3.8) is 0 Å². The molecule has 3 N–H and O–H groups in total. The number of aromatic nitrogens is 4. The molecule has 0 unspecified atom stereocenters. The molecule has 0 atom stereocenters. The van der Waals surface area contributed by atoms with Gasteiger partial charge in [0.2, 0.25) is 0 Å². The van der Waals surface area contributed by atoms with Gasteiger partial charge in [-0.1, -0.05) is 31.2 Å². The van der Waals surface area contributed by atoms with E-state index in [0.29, 0.717) is 17.9 Å². The van der Waals surface area contributed by atoms with Gasteiger partial charge in [-0.2, -0.15) is 0 Å². The number of aryl methyl sites for hydroxylation is 2. The van der Waals surface area contributed by atoms with Crippen molar-refractivity contribution >= 4 is 11.7 Å². The highest BCUT2D eigenvalue weighted by Crippen LogP contribution is 2.21. The van der Waals surface area contributed by atoms with Crippen LogP contribution in [0.15, 0.2) is 72.0 Å². The molecule has 8 heteroatoms. The van der Waals surface area contributed by atoms with E-state index < -0.39 is 0 Å². The number of carbonyl (C=O) groups is 1. The molecule has 0 spiro atoms. The van der Waals surface area contributed by atoms with Crippen LogP contribution < -0.4 is 16.2 Å². The molecule has 0 aliphatic rings. The molecular weight excluding hydrogens is 404 g/mol. The average Bonchev–Trinajstić information content (AvgIpc) is 3.21. The van der Waals surface area contributed by atoms with Crippen LogP contribution in [0.5, 0.6) is 0 Å². The Bertz CT molecular complexity index is 1290. The van der Waals surface area contributed by atoms with Crippen LogP contribution >= 0.6 is 0 Å². The lowest BCUT2D eigenvalue weighted by Crippen LogP contribution is -2.29. The first kappa shape index (κ1) is 21.0. The fraction of sp³-hybridized carbons (Fsp3) is 0.167. The van der Waals surface area contributed by atoms with E-state index in [1.807, 2.05) is 31.2 Å². The van der Waals surface area contributed by atoms with Crippen LogP contribution in [0.2, 0.25) is 0 Å². The van der Waals surface area contributed by atoms with Crippen LogP contribution in [-0.4, -0.2) is 25.8 Å². The van der Waals surface area contributed by atoms with Crippen molar-refractivity contribution in [1.29, 1.82) is 0 Å². The smallest absolute Gasteiger partial charge is 0.319 e. The summed E-state index contributed by atoms with van der Waals surface area (Å²) in [7, 11) is 0. The Hall–Kier alpha value is -4.20. The highest BCUT2D eigenvalue weighted by Gasteiger charge is 2.12. The van der Waals surface area contributed by atoms with Crippen LogP contribution in [0.4, 0.5) is 10.5 Å². The van der Waals surface area contributed by atoms with Gasteiger partial charge in [0, 0.05) is 42.6 Å². The maximum absolute atomic E-state index is 12.8. The minimum absolute atomic E-state index is 0.222. The van der Waals surface area contributed by atoms with Crippen molar-refractivity contribution in [2.24, 2.45) is 0 Å². The molecule has 0 radical (unpaired) electrons. The third-order valence-corrected chi connectivity index (χ3v) is 5.21. The molecule has 3 aromatic heterocycles. The number of hydrogen-bond acceptors (Lipinski definition) is 4. The summed E-state index contributed by atoms with van der Waals surface area (Å²) in [6.45, 7) is 4.32. The Labute approximate surface area is 185 Å². The van der Waals surface area contributed by atoms with Crippen molar-refractivity contribution in [1.82, 2.24) is 25.1 Å². The predicted octanol–water partition coefficient (Wildman–Crippen LogP) is 3.82. The van der Waals surface area contributed by atoms with Gasteiger partial charge in [-0.15, -0.1) is 0 Å². The molecule has 0 aliphatic carbocycles. The first-order valence-corrected chi connectivity index (χ1v) is 10.4. The molecule has 4 rings (SSSR count). The number of urea groups is 1. The molecule has 3 heterocycles. The molecule has 32 heavy (non-hydrogen) atoms. The van der Waals surface area contributed by atoms with Crippen LogP contribution in [0.3, 0.4) is 0 Å². The number of benzene rings is 1. The number of rotatable bonds is 6. The number of aromatic amines is 1. The maximum atomic E-state index is 12.8. The van der Waals surface area contributed by atoms with Crippen molar-refractivity contribution in [2.75, 3.05) is 5.32 Å². The summed E-state index contributed by atoms with van der Waals surface area (Å²) in [4.78, 5) is 33.7. The van der Waals surface area contributed by atoms with Gasteiger partial charge >= 0.3 is 6.03 Å². The van der Waals surface area contributed by atoms with Crippen molar-refractivity contribution < 1.29 is 4.79 Å². The zero-order chi connectivity index (χ0) is 22.5. The number of pyridine rings is 2. The molecule has 0 bridgehead atoms. The van der Waals surface area contributed by atoms with E-state index in [-0.39, 0.29) is 11.6 Å². The van der Waals surface area contributed by atoms with Gasteiger partial charge in [0.15, 0.2) is 5.82 Å². The first-order chi connectivity index (χ1) is 15.6. The molecule has 0 saturated carbocycles. The minimum Gasteiger partial charge on any atom is -0.334 e. The molecule has 1 aromatic carbocycles. The van der Waals surface area contributed by atoms with E-state index in [2.05, 4.69) is 32.6 Å². The molecule has 0 saturated heterocycles. The van der Waals surface area contributed by atoms with E-state index in [0.717, 1.165) is 34.4 Å². The zero-order valence-electron chi connectivity index (χ0n) is 17.9. The Morgan fingerprint density at radius 3 is 2.81 bits per heavy atom. The predicted molar refractivity (Wildman–Crippen MR) is 124 cm³/mol. The normalized spacial score (nSPS) is 10.7. The van der Waals surface area contributed by atoms with Gasteiger partial charge in [-0.05, 0) is 48.2 Å². The van der Waals surface area contributed by atoms with Crippen molar-refractivity contribution in [2.45, 2.75) is 26.8 Å². The fourth-order valence-corrected chi connectivity index (χ4v) is 3.50. The second kappa shape index (κ2) is 9.30. The Morgan fingerprint density at radius 1 is 1.16 bits per heavy atom. The standard InChI is InChI=1S/C24H24N6O2/c1-3-18-7-4-6-16(2)22(18)29-24(32)27-13-17-9-11-26-21(12-17)30-23(31)20(15-28-30)19-8-5-10-25-14-19/h4-12,14-15,28H,3,13H2,1-2H3,(H2,27,29,32). The van der Waals surface area contributed by atoms with Gasteiger partial charge in [0.05, 0.1) is 5.56 Å². The topological polar surface area (TPSA) is 105 Å². The molecule has 4 aromatic rings. The summed E-state index contributed by atoms with van der Waals surface area (Å²) >= 11 is 0. The molecule has 0 aliphatic heterocycles. The van der Waals surface area contributed by atoms with Crippen LogP contribution in [0, 0.1) is 6.92 Å². The summed E-state index contributed by atoms with van der Waals surface area (Å²) in [5, 5.41) is 8.76. The number of nitrogens with one attached hydrogen (secondary N) is 3. The first-order valence-electron chi connectivity index (χ1n) is 10.4. The number of carbonyl (C=O) groups excluding carboxylic acids is 1. The molecule has 2 amide bonds. The van der Waals surface area contributed by atoms with Gasteiger partial charge in [0.25, 0.3) is 5.56 Å².